The molecular weight excluding hydrogens is 284 g/mol. The van der Waals surface area contributed by atoms with Gasteiger partial charge in [-0.1, -0.05) is 0 Å². The zero-order valence-corrected chi connectivity index (χ0v) is 11.5. The molecule has 0 unspecified atom stereocenters. The summed E-state index contributed by atoms with van der Waals surface area (Å²) in [4.78, 5) is 8.49. The van der Waals surface area contributed by atoms with Crippen molar-refractivity contribution in [3.63, 3.8) is 0 Å². The fraction of sp³-hybridized carbons (Fsp3) is 0.273. The Morgan fingerprint density at radius 2 is 2.15 bits per heavy atom. The van der Waals surface area contributed by atoms with Crippen molar-refractivity contribution in [3.05, 3.63) is 18.0 Å². The van der Waals surface area contributed by atoms with E-state index >= 15 is 0 Å². The van der Waals surface area contributed by atoms with E-state index in [1.165, 1.54) is 0 Å². The Hall–Kier alpha value is -2.19. The van der Waals surface area contributed by atoms with E-state index in [1.807, 2.05) is 11.5 Å². The van der Waals surface area contributed by atoms with Crippen LogP contribution in [0.3, 0.4) is 0 Å². The number of nitrogens with zero attached hydrogens (tertiary/aromatic N) is 5. The fourth-order valence-electron chi connectivity index (χ4n) is 2.11. The summed E-state index contributed by atoms with van der Waals surface area (Å²) in [5, 5.41) is 16.7. The molecule has 0 fully saturated rings. The number of aliphatic hydroxyl groups is 1. The number of nitrogen functional groups attached to an aromatic ring is 1. The number of anilines is 1. The highest BCUT2D eigenvalue weighted by Crippen LogP contribution is 2.27. The van der Waals surface area contributed by atoms with E-state index in [0.29, 0.717) is 29.1 Å². The summed E-state index contributed by atoms with van der Waals surface area (Å²) >= 11 is 0. The third-order valence-corrected chi connectivity index (χ3v) is 2.94. The lowest BCUT2D eigenvalue weighted by Crippen LogP contribution is -2.01. The van der Waals surface area contributed by atoms with Gasteiger partial charge in [0.05, 0.1) is 18.3 Å². The number of hydrogen-bond donors (Lipinski definition) is 2. The Bertz CT molecular complexity index is 738. The molecule has 0 aliphatic carbocycles. The monoisotopic (exact) mass is 296 g/mol. The zero-order valence-electron chi connectivity index (χ0n) is 10.6. The summed E-state index contributed by atoms with van der Waals surface area (Å²) in [6.45, 7) is 2.51. The van der Waals surface area contributed by atoms with Crippen molar-refractivity contribution in [1.82, 2.24) is 24.8 Å². The predicted molar refractivity (Wildman–Crippen MR) is 74.1 cm³/mol. The normalized spacial score (nSPS) is 10.7. The smallest absolute Gasteiger partial charge is 0.199 e. The van der Waals surface area contributed by atoms with Crippen LogP contribution in [0.15, 0.2) is 17.0 Å². The molecule has 0 spiro atoms. The molecule has 0 aliphatic rings. The number of nitrogens with two attached hydrogens (primary N) is 1. The first-order valence-electron chi connectivity index (χ1n) is 5.78. The van der Waals surface area contributed by atoms with Crippen LogP contribution in [0, 0.1) is 0 Å². The molecule has 106 valence electrons. The molecule has 3 rings (SSSR count). The third-order valence-electron chi connectivity index (χ3n) is 2.94. The van der Waals surface area contributed by atoms with Gasteiger partial charge in [0.2, 0.25) is 0 Å². The van der Waals surface area contributed by atoms with E-state index in [4.69, 9.17) is 5.73 Å². The van der Waals surface area contributed by atoms with Crippen LogP contribution in [0.1, 0.15) is 12.5 Å². The minimum atomic E-state index is -0.109. The van der Waals surface area contributed by atoms with Crippen LogP contribution in [-0.4, -0.2) is 30.0 Å². The van der Waals surface area contributed by atoms with E-state index < -0.39 is 0 Å². The van der Waals surface area contributed by atoms with Gasteiger partial charge >= 0.3 is 0 Å². The predicted octanol–water partition coefficient (Wildman–Crippen LogP) is 0.997. The van der Waals surface area contributed by atoms with Gasteiger partial charge in [-0.2, -0.15) is 0 Å². The summed E-state index contributed by atoms with van der Waals surface area (Å²) in [5.74, 6) is 0.738. The Morgan fingerprint density at radius 3 is 2.75 bits per heavy atom. The molecule has 3 aromatic heterocycles. The van der Waals surface area contributed by atoms with Crippen LogP contribution < -0.4 is 5.73 Å². The van der Waals surface area contributed by atoms with E-state index in [1.54, 1.807) is 12.4 Å². The molecule has 0 bridgehead atoms. The van der Waals surface area contributed by atoms with Gasteiger partial charge < -0.3 is 15.4 Å². The maximum atomic E-state index is 9.40. The summed E-state index contributed by atoms with van der Waals surface area (Å²) in [6, 6.07) is 0. The number of aryl methyl sites for hydroxylation is 1. The van der Waals surface area contributed by atoms with Gasteiger partial charge in [-0.25, -0.2) is 9.61 Å². The molecule has 3 N–H and O–H groups in total. The molecule has 0 aromatic carbocycles. The van der Waals surface area contributed by atoms with Crippen LogP contribution >= 0.6 is 12.4 Å². The number of hydrogen-bond acceptors (Lipinski definition) is 7. The van der Waals surface area contributed by atoms with Crippen molar-refractivity contribution in [2.24, 2.45) is 0 Å². The lowest BCUT2D eigenvalue weighted by molar-refractivity contribution is 0.282. The average Bonchev–Trinajstić information content (AvgIpc) is 3.00. The molecule has 3 aromatic rings. The van der Waals surface area contributed by atoms with Gasteiger partial charge in [0.15, 0.2) is 17.3 Å². The molecule has 0 aliphatic heterocycles. The highest BCUT2D eigenvalue weighted by Gasteiger charge is 2.19. The van der Waals surface area contributed by atoms with Crippen LogP contribution in [0.2, 0.25) is 0 Å². The molecule has 20 heavy (non-hydrogen) atoms. The second-order valence-electron chi connectivity index (χ2n) is 4.00. The quantitative estimate of drug-likeness (QED) is 0.740. The van der Waals surface area contributed by atoms with Gasteiger partial charge in [-0.3, -0.25) is 4.98 Å². The lowest BCUT2D eigenvalue weighted by Gasteiger charge is -2.06. The molecule has 0 amide bonds. The van der Waals surface area contributed by atoms with Gasteiger partial charge in [0, 0.05) is 18.3 Å². The third kappa shape index (κ3) is 1.98. The first kappa shape index (κ1) is 14.2. The highest BCUT2D eigenvalue weighted by molar-refractivity contribution is 5.85. The summed E-state index contributed by atoms with van der Waals surface area (Å²) in [7, 11) is 0. The van der Waals surface area contributed by atoms with Crippen molar-refractivity contribution in [2.45, 2.75) is 20.1 Å². The van der Waals surface area contributed by atoms with Crippen LogP contribution in [0.4, 0.5) is 5.82 Å². The number of fused-ring (bicyclic) bond motifs is 1. The summed E-state index contributed by atoms with van der Waals surface area (Å²) < 4.78 is 6.51. The second kappa shape index (κ2) is 5.43. The van der Waals surface area contributed by atoms with Crippen molar-refractivity contribution in [1.29, 1.82) is 0 Å². The minimum absolute atomic E-state index is 0. The Kier molecular flexibility index (Phi) is 3.86. The first-order valence-corrected chi connectivity index (χ1v) is 5.78. The highest BCUT2D eigenvalue weighted by atomic mass is 35.5. The van der Waals surface area contributed by atoms with Crippen molar-refractivity contribution in [3.8, 4) is 11.5 Å². The van der Waals surface area contributed by atoms with Gasteiger partial charge in [-0.15, -0.1) is 12.4 Å². The van der Waals surface area contributed by atoms with E-state index in [2.05, 4.69) is 24.9 Å². The van der Waals surface area contributed by atoms with Crippen LogP contribution in [0.5, 0.6) is 0 Å². The van der Waals surface area contributed by atoms with E-state index in [-0.39, 0.29) is 24.8 Å². The maximum Gasteiger partial charge on any atom is 0.199 e. The summed E-state index contributed by atoms with van der Waals surface area (Å²) in [6.07, 6.45) is 3.25. The van der Waals surface area contributed by atoms with Crippen molar-refractivity contribution >= 4 is 29.3 Å². The molecule has 0 atom stereocenters. The van der Waals surface area contributed by atoms with Crippen LogP contribution in [0.25, 0.3) is 22.6 Å². The number of halogens is 1. The van der Waals surface area contributed by atoms with Gasteiger partial charge in [0.1, 0.15) is 5.52 Å². The minimum Gasteiger partial charge on any atom is -0.392 e. The van der Waals surface area contributed by atoms with Gasteiger partial charge in [0.25, 0.3) is 0 Å². The fourth-order valence-corrected chi connectivity index (χ4v) is 2.11. The SMILES string of the molecule is CCn1c(-c2nonc2N)nc2cncc(CO)c21.Cl. The molecule has 8 nitrogen and oxygen atoms in total. The summed E-state index contributed by atoms with van der Waals surface area (Å²) in [5.41, 5.74) is 8.28. The molecule has 0 radical (unpaired) electrons. The number of aromatic nitrogens is 5. The largest absolute Gasteiger partial charge is 0.392 e. The lowest BCUT2D eigenvalue weighted by atomic mass is 10.2. The first-order chi connectivity index (χ1) is 9.26. The number of pyridine rings is 1. The van der Waals surface area contributed by atoms with E-state index in [9.17, 15) is 5.11 Å². The second-order valence-corrected chi connectivity index (χ2v) is 4.00. The van der Waals surface area contributed by atoms with Crippen LogP contribution in [-0.2, 0) is 13.2 Å². The van der Waals surface area contributed by atoms with E-state index in [0.717, 1.165) is 5.52 Å². The topological polar surface area (TPSA) is 116 Å². The molecule has 0 saturated heterocycles. The number of imidazole rings is 1. The maximum absolute atomic E-state index is 9.40. The Balaban J connectivity index is 0.00000147. The number of aliphatic hydroxyl groups excluding tert-OH is 1. The number of rotatable bonds is 3. The Morgan fingerprint density at radius 1 is 1.35 bits per heavy atom. The molecule has 0 saturated carbocycles. The molecular formula is C11H13ClN6O2. The van der Waals surface area contributed by atoms with Gasteiger partial charge in [-0.05, 0) is 17.2 Å². The average molecular weight is 297 g/mol. The zero-order chi connectivity index (χ0) is 13.4. The standard InChI is InChI=1S/C11H12N6O2.ClH/c1-2-17-9-6(5-18)3-13-4-7(9)14-11(17)8-10(12)16-19-15-8;/h3-4,18H,2,5H2,1H3,(H2,12,16);1H. The molecule has 3 heterocycles. The van der Waals surface area contributed by atoms with Crippen molar-refractivity contribution in [2.75, 3.05) is 5.73 Å². The van der Waals surface area contributed by atoms with Crippen molar-refractivity contribution < 1.29 is 9.74 Å². The molecule has 9 heteroatoms. The Labute approximate surface area is 120 Å².